The predicted octanol–water partition coefficient (Wildman–Crippen LogP) is 0.949. The van der Waals surface area contributed by atoms with E-state index in [0.29, 0.717) is 13.0 Å². The number of hydrogen-bond acceptors (Lipinski definition) is 3. The van der Waals surface area contributed by atoms with Crippen LogP contribution in [0.3, 0.4) is 0 Å². The zero-order valence-electron chi connectivity index (χ0n) is 9.76. The lowest BCUT2D eigenvalue weighted by Gasteiger charge is -2.09. The van der Waals surface area contributed by atoms with Crippen molar-refractivity contribution in [2.75, 3.05) is 6.54 Å². The Kier molecular flexibility index (Phi) is 3.35. The van der Waals surface area contributed by atoms with Gasteiger partial charge in [0, 0.05) is 18.7 Å². The van der Waals surface area contributed by atoms with E-state index in [9.17, 15) is 4.79 Å². The molecule has 4 nitrogen and oxygen atoms in total. The van der Waals surface area contributed by atoms with Crippen LogP contribution in [0.2, 0.25) is 0 Å². The third-order valence-corrected chi connectivity index (χ3v) is 2.63. The first kappa shape index (κ1) is 11.5. The van der Waals surface area contributed by atoms with E-state index in [-0.39, 0.29) is 5.56 Å². The maximum absolute atomic E-state index is 11.6. The van der Waals surface area contributed by atoms with Crippen LogP contribution in [0.5, 0.6) is 0 Å². The maximum atomic E-state index is 11.6. The van der Waals surface area contributed by atoms with Crippen molar-refractivity contribution in [2.24, 2.45) is 12.8 Å². The Labute approximate surface area is 99.7 Å². The minimum Gasteiger partial charge on any atom is -0.330 e. The Morgan fingerprint density at radius 3 is 2.65 bits per heavy atom. The van der Waals surface area contributed by atoms with E-state index in [0.717, 1.165) is 16.8 Å². The largest absolute Gasteiger partial charge is 0.330 e. The van der Waals surface area contributed by atoms with E-state index in [1.165, 1.54) is 4.68 Å². The highest BCUT2D eigenvalue weighted by molar-refractivity contribution is 5.62. The number of nitrogens with zero attached hydrogens (tertiary/aromatic N) is 2. The van der Waals surface area contributed by atoms with E-state index < -0.39 is 0 Å². The lowest BCUT2D eigenvalue weighted by molar-refractivity contribution is 0.703. The highest BCUT2D eigenvalue weighted by Gasteiger charge is 2.08. The Hall–Kier alpha value is -1.94. The fraction of sp³-hybridized carbons (Fsp3) is 0.231. The van der Waals surface area contributed by atoms with Gasteiger partial charge < -0.3 is 5.73 Å². The number of rotatable bonds is 3. The van der Waals surface area contributed by atoms with Gasteiger partial charge in [-0.1, -0.05) is 30.3 Å². The minimum atomic E-state index is -0.104. The van der Waals surface area contributed by atoms with E-state index in [1.54, 1.807) is 13.1 Å². The molecule has 2 rings (SSSR count). The number of benzene rings is 1. The summed E-state index contributed by atoms with van der Waals surface area (Å²) in [5.41, 5.74) is 8.20. The molecule has 0 bridgehead atoms. The quantitative estimate of drug-likeness (QED) is 0.852. The Balaban J connectivity index is 2.59. The van der Waals surface area contributed by atoms with Gasteiger partial charge in [0.25, 0.3) is 5.56 Å². The highest BCUT2D eigenvalue weighted by Crippen LogP contribution is 2.19. The second kappa shape index (κ2) is 4.93. The standard InChI is InChI=1S/C13H15N3O/c1-16-12(17)9-11(7-8-14)13(15-16)10-5-3-2-4-6-10/h2-6,9H,7-8,14H2,1H3. The molecule has 0 spiro atoms. The first-order valence-corrected chi connectivity index (χ1v) is 5.55. The number of hydrogen-bond donors (Lipinski definition) is 1. The van der Waals surface area contributed by atoms with E-state index in [2.05, 4.69) is 5.10 Å². The summed E-state index contributed by atoms with van der Waals surface area (Å²) >= 11 is 0. The van der Waals surface area contributed by atoms with Gasteiger partial charge >= 0.3 is 0 Å². The molecule has 0 amide bonds. The van der Waals surface area contributed by atoms with Crippen molar-refractivity contribution in [2.45, 2.75) is 6.42 Å². The van der Waals surface area contributed by atoms with Crippen LogP contribution in [0.15, 0.2) is 41.2 Å². The molecule has 1 aromatic carbocycles. The lowest BCUT2D eigenvalue weighted by atomic mass is 10.0. The summed E-state index contributed by atoms with van der Waals surface area (Å²) in [6.45, 7) is 0.509. The SMILES string of the molecule is Cn1nc(-c2ccccc2)c(CCN)cc1=O. The predicted molar refractivity (Wildman–Crippen MR) is 67.7 cm³/mol. The molecule has 17 heavy (non-hydrogen) atoms. The van der Waals surface area contributed by atoms with E-state index >= 15 is 0 Å². The minimum absolute atomic E-state index is 0.104. The third kappa shape index (κ3) is 2.42. The average molecular weight is 229 g/mol. The molecule has 0 saturated heterocycles. The van der Waals surface area contributed by atoms with E-state index in [4.69, 9.17) is 5.73 Å². The summed E-state index contributed by atoms with van der Waals surface area (Å²) in [6, 6.07) is 11.4. The third-order valence-electron chi connectivity index (χ3n) is 2.63. The van der Waals surface area contributed by atoms with Crippen molar-refractivity contribution in [3.05, 3.63) is 52.3 Å². The molecule has 0 atom stereocenters. The molecular weight excluding hydrogens is 214 g/mol. The molecule has 4 heteroatoms. The molecule has 0 unspecified atom stereocenters. The molecule has 2 N–H and O–H groups in total. The monoisotopic (exact) mass is 229 g/mol. The molecule has 0 saturated carbocycles. The van der Waals surface area contributed by atoms with Crippen molar-refractivity contribution in [1.82, 2.24) is 9.78 Å². The molecular formula is C13H15N3O. The number of aromatic nitrogens is 2. The first-order valence-electron chi connectivity index (χ1n) is 5.55. The van der Waals surface area contributed by atoms with E-state index in [1.807, 2.05) is 30.3 Å². The molecule has 1 heterocycles. The van der Waals surface area contributed by atoms with Gasteiger partial charge in [0.2, 0.25) is 0 Å². The molecule has 0 aliphatic rings. The lowest BCUT2D eigenvalue weighted by Crippen LogP contribution is -2.21. The zero-order chi connectivity index (χ0) is 12.3. The Morgan fingerprint density at radius 1 is 1.29 bits per heavy atom. The number of aryl methyl sites for hydroxylation is 1. The van der Waals surface area contributed by atoms with Gasteiger partial charge in [0.15, 0.2) is 0 Å². The molecule has 2 aromatic rings. The summed E-state index contributed by atoms with van der Waals surface area (Å²) in [4.78, 5) is 11.6. The fourth-order valence-electron chi connectivity index (χ4n) is 1.76. The second-order valence-corrected chi connectivity index (χ2v) is 3.88. The van der Waals surface area contributed by atoms with Crippen LogP contribution in [0.4, 0.5) is 0 Å². The highest BCUT2D eigenvalue weighted by atomic mass is 16.1. The normalized spacial score (nSPS) is 10.5. The topological polar surface area (TPSA) is 60.9 Å². The van der Waals surface area contributed by atoms with Gasteiger partial charge in [0.05, 0.1) is 5.69 Å². The van der Waals surface area contributed by atoms with Gasteiger partial charge in [-0.3, -0.25) is 4.79 Å². The van der Waals surface area contributed by atoms with Crippen LogP contribution < -0.4 is 11.3 Å². The van der Waals surface area contributed by atoms with Crippen molar-refractivity contribution < 1.29 is 0 Å². The van der Waals surface area contributed by atoms with Gasteiger partial charge in [-0.15, -0.1) is 0 Å². The molecule has 0 aliphatic heterocycles. The van der Waals surface area contributed by atoms with Crippen LogP contribution in [0.25, 0.3) is 11.3 Å². The fourth-order valence-corrected chi connectivity index (χ4v) is 1.76. The van der Waals surface area contributed by atoms with Crippen LogP contribution in [-0.4, -0.2) is 16.3 Å². The summed E-state index contributed by atoms with van der Waals surface area (Å²) in [6.07, 6.45) is 0.660. The molecule has 0 radical (unpaired) electrons. The summed E-state index contributed by atoms with van der Waals surface area (Å²) < 4.78 is 1.35. The summed E-state index contributed by atoms with van der Waals surface area (Å²) in [5.74, 6) is 0. The van der Waals surface area contributed by atoms with Crippen LogP contribution in [-0.2, 0) is 13.5 Å². The van der Waals surface area contributed by atoms with Gasteiger partial charge in [-0.05, 0) is 18.5 Å². The molecule has 1 aromatic heterocycles. The zero-order valence-corrected chi connectivity index (χ0v) is 9.76. The van der Waals surface area contributed by atoms with Crippen molar-refractivity contribution in [1.29, 1.82) is 0 Å². The smallest absolute Gasteiger partial charge is 0.266 e. The van der Waals surface area contributed by atoms with Crippen molar-refractivity contribution >= 4 is 0 Å². The second-order valence-electron chi connectivity index (χ2n) is 3.88. The Morgan fingerprint density at radius 2 is 2.00 bits per heavy atom. The van der Waals surface area contributed by atoms with Crippen LogP contribution in [0, 0.1) is 0 Å². The van der Waals surface area contributed by atoms with Crippen LogP contribution in [0.1, 0.15) is 5.56 Å². The van der Waals surface area contributed by atoms with Crippen LogP contribution >= 0.6 is 0 Å². The van der Waals surface area contributed by atoms with Crippen molar-refractivity contribution in [3.63, 3.8) is 0 Å². The van der Waals surface area contributed by atoms with Gasteiger partial charge in [-0.25, -0.2) is 4.68 Å². The van der Waals surface area contributed by atoms with Crippen molar-refractivity contribution in [3.8, 4) is 11.3 Å². The Bertz CT molecular complexity index is 561. The molecule has 0 aliphatic carbocycles. The summed E-state index contributed by atoms with van der Waals surface area (Å²) in [7, 11) is 1.65. The summed E-state index contributed by atoms with van der Waals surface area (Å²) in [5, 5.41) is 4.31. The maximum Gasteiger partial charge on any atom is 0.266 e. The first-order chi connectivity index (χ1) is 8.22. The molecule has 88 valence electrons. The average Bonchev–Trinajstić information content (AvgIpc) is 2.35. The number of nitrogens with two attached hydrogens (primary N) is 1. The van der Waals surface area contributed by atoms with Gasteiger partial charge in [0.1, 0.15) is 0 Å². The molecule has 0 fully saturated rings. The van der Waals surface area contributed by atoms with Gasteiger partial charge in [-0.2, -0.15) is 5.10 Å².